The van der Waals surface area contributed by atoms with Crippen LogP contribution in [0.15, 0.2) is 0 Å². The number of hydrogen-bond donors (Lipinski definition) is 0. The van der Waals surface area contributed by atoms with Gasteiger partial charge in [0, 0.05) is 0 Å². The lowest BCUT2D eigenvalue weighted by molar-refractivity contribution is -0.248. The van der Waals surface area contributed by atoms with Gasteiger partial charge in [-0.3, -0.25) is 0 Å². The van der Waals surface area contributed by atoms with E-state index in [1.807, 2.05) is 0 Å². The van der Waals surface area contributed by atoms with Crippen LogP contribution in [0.2, 0.25) is 0 Å². The van der Waals surface area contributed by atoms with Gasteiger partial charge in [-0.1, -0.05) is 0 Å². The molecule has 34 valence electrons. The summed E-state index contributed by atoms with van der Waals surface area (Å²) in [6.07, 6.45) is 0. The van der Waals surface area contributed by atoms with Crippen molar-refractivity contribution in [1.29, 1.82) is 0 Å². The molecule has 0 spiro atoms. The second-order valence-corrected chi connectivity index (χ2v) is 0.333. The van der Waals surface area contributed by atoms with Crippen LogP contribution in [0.3, 0.4) is 0 Å². The Morgan fingerprint density at radius 1 is 1.00 bits per heavy atom. The number of hydrogen-bond acceptors (Lipinski definition) is 2. The summed E-state index contributed by atoms with van der Waals surface area (Å²) in [5.41, 5.74) is 0. The summed E-state index contributed by atoms with van der Waals surface area (Å²) in [6, 6.07) is 0. The lowest BCUT2D eigenvalue weighted by atomic mass is 11.7. The van der Waals surface area contributed by atoms with Crippen molar-refractivity contribution in [1.82, 2.24) is 0 Å². The van der Waals surface area contributed by atoms with Crippen LogP contribution in [0.5, 0.6) is 0 Å². The van der Waals surface area contributed by atoms with Crippen molar-refractivity contribution in [3.05, 3.63) is 0 Å². The maximum Gasteiger partial charge on any atom is 0.0712 e. The van der Waals surface area contributed by atoms with Gasteiger partial charge in [0.05, 0.1) is 14.2 Å². The molecular formula is C2H8O3. The second-order valence-electron chi connectivity index (χ2n) is 0.333. The van der Waals surface area contributed by atoms with Gasteiger partial charge in [0.2, 0.25) is 0 Å². The SMILES string of the molecule is COOC.O. The zero-order valence-corrected chi connectivity index (χ0v) is 3.32. The third-order valence-electron chi connectivity index (χ3n) is 0.167. The van der Waals surface area contributed by atoms with Crippen molar-refractivity contribution < 1.29 is 15.3 Å². The van der Waals surface area contributed by atoms with Crippen LogP contribution in [0.4, 0.5) is 0 Å². The molecule has 5 heavy (non-hydrogen) atoms. The van der Waals surface area contributed by atoms with Crippen molar-refractivity contribution in [3.63, 3.8) is 0 Å². The Morgan fingerprint density at radius 3 is 1.20 bits per heavy atom. The van der Waals surface area contributed by atoms with Crippen molar-refractivity contribution >= 4 is 0 Å². The van der Waals surface area contributed by atoms with Gasteiger partial charge in [-0.2, -0.15) is 0 Å². The fourth-order valence-electron chi connectivity index (χ4n) is 0. The first-order valence-corrected chi connectivity index (χ1v) is 0.983. The van der Waals surface area contributed by atoms with E-state index in [0.29, 0.717) is 0 Å². The fourth-order valence-corrected chi connectivity index (χ4v) is 0. The van der Waals surface area contributed by atoms with Crippen molar-refractivity contribution in [2.24, 2.45) is 0 Å². The average Bonchev–Trinajstić information content (AvgIpc) is 1.37. The fraction of sp³-hybridized carbons (Fsp3) is 1.00. The minimum Gasteiger partial charge on any atom is -0.412 e. The maximum atomic E-state index is 4.04. The van der Waals surface area contributed by atoms with Crippen LogP contribution < -0.4 is 0 Å². The minimum absolute atomic E-state index is 0. The van der Waals surface area contributed by atoms with Crippen molar-refractivity contribution in [2.45, 2.75) is 0 Å². The summed E-state index contributed by atoms with van der Waals surface area (Å²) in [5, 5.41) is 0. The van der Waals surface area contributed by atoms with E-state index in [4.69, 9.17) is 0 Å². The van der Waals surface area contributed by atoms with E-state index in [1.165, 1.54) is 14.2 Å². The second kappa shape index (κ2) is 9.11. The highest BCUT2D eigenvalue weighted by Gasteiger charge is 1.47. The summed E-state index contributed by atoms with van der Waals surface area (Å²) < 4.78 is 0. The quantitative estimate of drug-likeness (QED) is 0.311. The minimum atomic E-state index is 0. The molecule has 0 fully saturated rings. The highest BCUT2D eigenvalue weighted by Crippen LogP contribution is 1.52. The molecule has 3 heteroatoms. The zero-order valence-electron chi connectivity index (χ0n) is 3.32. The molecule has 0 aliphatic heterocycles. The predicted molar refractivity (Wildman–Crippen MR) is 17.6 cm³/mol. The van der Waals surface area contributed by atoms with Gasteiger partial charge < -0.3 is 5.48 Å². The Balaban J connectivity index is 0. The lowest BCUT2D eigenvalue weighted by Gasteiger charge is -1.78. The Bertz CT molecular complexity index is 6.85. The van der Waals surface area contributed by atoms with Gasteiger partial charge in [-0.05, 0) is 0 Å². The Labute approximate surface area is 30.7 Å². The van der Waals surface area contributed by atoms with Crippen LogP contribution in [-0.2, 0) is 9.78 Å². The first-order valence-electron chi connectivity index (χ1n) is 0.983. The van der Waals surface area contributed by atoms with Crippen LogP contribution in [0, 0.1) is 0 Å². The summed E-state index contributed by atoms with van der Waals surface area (Å²) in [7, 11) is 2.92. The molecule has 0 bridgehead atoms. The standard InChI is InChI=1S/C2H6O2.H2O/c1-3-4-2;/h1-2H3;1H2. The van der Waals surface area contributed by atoms with E-state index >= 15 is 0 Å². The van der Waals surface area contributed by atoms with Gasteiger partial charge in [-0.15, -0.1) is 0 Å². The third kappa shape index (κ3) is 17.7. The van der Waals surface area contributed by atoms with Gasteiger partial charge in [-0.25, -0.2) is 9.78 Å². The van der Waals surface area contributed by atoms with E-state index in [0.717, 1.165) is 0 Å². The molecule has 0 heterocycles. The summed E-state index contributed by atoms with van der Waals surface area (Å²) in [6.45, 7) is 0. The van der Waals surface area contributed by atoms with Crippen LogP contribution in [-0.4, -0.2) is 19.7 Å². The highest BCUT2D eigenvalue weighted by atomic mass is 17.2. The van der Waals surface area contributed by atoms with Crippen molar-refractivity contribution in [2.75, 3.05) is 14.2 Å². The molecule has 0 amide bonds. The molecule has 3 nitrogen and oxygen atoms in total. The Kier molecular flexibility index (Phi) is 16.1. The predicted octanol–water partition coefficient (Wildman–Crippen LogP) is -0.630. The van der Waals surface area contributed by atoms with Gasteiger partial charge in [0.15, 0.2) is 0 Å². The first kappa shape index (κ1) is 8.86. The summed E-state index contributed by atoms with van der Waals surface area (Å²) >= 11 is 0. The van der Waals surface area contributed by atoms with Crippen LogP contribution in [0.1, 0.15) is 0 Å². The van der Waals surface area contributed by atoms with E-state index in [1.54, 1.807) is 0 Å². The van der Waals surface area contributed by atoms with Gasteiger partial charge in [0.25, 0.3) is 0 Å². The van der Waals surface area contributed by atoms with E-state index < -0.39 is 0 Å². The molecule has 2 N–H and O–H groups in total. The molecular weight excluding hydrogens is 72.0 g/mol. The molecule has 0 atom stereocenters. The molecule has 0 aromatic carbocycles. The van der Waals surface area contributed by atoms with Crippen LogP contribution >= 0.6 is 0 Å². The monoisotopic (exact) mass is 80.0 g/mol. The molecule has 0 saturated heterocycles. The molecule has 0 saturated carbocycles. The normalized spacial score (nSPS) is 6.00. The van der Waals surface area contributed by atoms with Gasteiger partial charge >= 0.3 is 0 Å². The lowest BCUT2D eigenvalue weighted by Crippen LogP contribution is -1.72. The van der Waals surface area contributed by atoms with Crippen molar-refractivity contribution in [3.8, 4) is 0 Å². The molecule has 0 aromatic rings. The van der Waals surface area contributed by atoms with E-state index in [2.05, 4.69) is 9.78 Å². The number of rotatable bonds is 1. The third-order valence-corrected chi connectivity index (χ3v) is 0.167. The zero-order chi connectivity index (χ0) is 3.41. The molecule has 0 radical (unpaired) electrons. The average molecular weight is 80.1 g/mol. The summed E-state index contributed by atoms with van der Waals surface area (Å²) in [4.78, 5) is 8.08. The van der Waals surface area contributed by atoms with Gasteiger partial charge in [0.1, 0.15) is 0 Å². The smallest absolute Gasteiger partial charge is 0.0712 e. The van der Waals surface area contributed by atoms with E-state index in [9.17, 15) is 0 Å². The highest BCUT2D eigenvalue weighted by molar-refractivity contribution is 3.47. The summed E-state index contributed by atoms with van der Waals surface area (Å²) in [5.74, 6) is 0. The molecule has 0 aliphatic rings. The molecule has 0 aliphatic carbocycles. The topological polar surface area (TPSA) is 50.0 Å². The molecule has 0 rings (SSSR count). The Morgan fingerprint density at radius 2 is 1.20 bits per heavy atom. The van der Waals surface area contributed by atoms with Crippen LogP contribution in [0.25, 0.3) is 0 Å². The maximum absolute atomic E-state index is 4.04. The van der Waals surface area contributed by atoms with E-state index in [-0.39, 0.29) is 5.48 Å². The Hall–Kier alpha value is -0.120. The molecule has 0 unspecified atom stereocenters. The molecule has 0 aromatic heterocycles. The largest absolute Gasteiger partial charge is 0.412 e. The first-order chi connectivity index (χ1) is 1.91.